The van der Waals surface area contributed by atoms with E-state index in [0.717, 1.165) is 19.3 Å². The molecule has 2 nitrogen and oxygen atoms in total. The number of aliphatic hydroxyl groups is 1. The second-order valence-corrected chi connectivity index (χ2v) is 4.66. The van der Waals surface area contributed by atoms with Crippen LogP contribution in [0.25, 0.3) is 0 Å². The molecule has 0 aromatic rings. The normalized spacial score (nSPS) is 30.0. The van der Waals surface area contributed by atoms with Gasteiger partial charge >= 0.3 is 0 Å². The molecule has 1 aliphatic rings. The summed E-state index contributed by atoms with van der Waals surface area (Å²) in [5.74, 6) is 0.156. The highest BCUT2D eigenvalue weighted by atomic mass is 16.5. The molecule has 0 aromatic carbocycles. The molecular weight excluding hydrogens is 212 g/mol. The maximum Gasteiger partial charge on any atom is 0.0890 e. The van der Waals surface area contributed by atoms with E-state index in [2.05, 4.69) is 19.2 Å². The molecular formula is C15H24O2. The first-order valence-corrected chi connectivity index (χ1v) is 6.37. The molecule has 0 aliphatic heterocycles. The predicted octanol–water partition coefficient (Wildman–Crippen LogP) is 3.24. The highest BCUT2D eigenvalue weighted by Gasteiger charge is 2.37. The smallest absolute Gasteiger partial charge is 0.0890 e. The fraction of sp³-hybridized carbons (Fsp3) is 0.600. The van der Waals surface area contributed by atoms with E-state index >= 15 is 0 Å². The molecule has 0 saturated heterocycles. The fourth-order valence-electron chi connectivity index (χ4n) is 2.58. The van der Waals surface area contributed by atoms with E-state index in [1.54, 1.807) is 12.2 Å². The summed E-state index contributed by atoms with van der Waals surface area (Å²) >= 11 is 0. The molecule has 0 spiro atoms. The van der Waals surface area contributed by atoms with Gasteiger partial charge in [0.1, 0.15) is 0 Å². The van der Waals surface area contributed by atoms with Gasteiger partial charge in [-0.15, -0.1) is 13.2 Å². The van der Waals surface area contributed by atoms with Crippen LogP contribution >= 0.6 is 0 Å². The number of allylic oxidation sites excluding steroid dienone is 1. The lowest BCUT2D eigenvalue weighted by atomic mass is 9.72. The highest BCUT2D eigenvalue weighted by Crippen LogP contribution is 2.39. The lowest BCUT2D eigenvalue weighted by Gasteiger charge is -2.39. The first kappa shape index (κ1) is 14.2. The minimum atomic E-state index is -0.752. The van der Waals surface area contributed by atoms with Gasteiger partial charge in [-0.3, -0.25) is 0 Å². The third kappa shape index (κ3) is 3.55. The first-order chi connectivity index (χ1) is 8.18. The van der Waals surface area contributed by atoms with Crippen molar-refractivity contribution in [3.05, 3.63) is 37.0 Å². The second-order valence-electron chi connectivity index (χ2n) is 4.66. The van der Waals surface area contributed by atoms with E-state index in [0.29, 0.717) is 13.2 Å². The maximum atomic E-state index is 10.6. The van der Waals surface area contributed by atoms with Gasteiger partial charge in [-0.1, -0.05) is 31.1 Å². The largest absolute Gasteiger partial charge is 0.385 e. The van der Waals surface area contributed by atoms with Gasteiger partial charge < -0.3 is 9.84 Å². The van der Waals surface area contributed by atoms with Crippen molar-refractivity contribution in [3.8, 4) is 0 Å². The minimum Gasteiger partial charge on any atom is -0.385 e. The topological polar surface area (TPSA) is 29.5 Å². The Kier molecular flexibility index (Phi) is 5.66. The van der Waals surface area contributed by atoms with Gasteiger partial charge in [-0.05, 0) is 25.3 Å². The zero-order valence-electron chi connectivity index (χ0n) is 10.8. The molecule has 17 heavy (non-hydrogen) atoms. The number of hydrogen-bond acceptors (Lipinski definition) is 2. The van der Waals surface area contributed by atoms with Crippen LogP contribution in [0.1, 0.15) is 32.6 Å². The third-order valence-electron chi connectivity index (χ3n) is 3.60. The van der Waals surface area contributed by atoms with Gasteiger partial charge in [0.15, 0.2) is 0 Å². The molecule has 1 aliphatic carbocycles. The molecule has 0 amide bonds. The SMILES string of the molecule is C=CCOC/C(=C\C)[C@@H]1CCCC[C@@]1(O)C=C. The summed E-state index contributed by atoms with van der Waals surface area (Å²) in [6.45, 7) is 10.5. The Bertz CT molecular complexity index is 293. The molecule has 2 atom stereocenters. The highest BCUT2D eigenvalue weighted by molar-refractivity contribution is 5.18. The molecule has 1 N–H and O–H groups in total. The van der Waals surface area contributed by atoms with Crippen LogP contribution in [0, 0.1) is 5.92 Å². The maximum absolute atomic E-state index is 10.6. The molecule has 2 heteroatoms. The van der Waals surface area contributed by atoms with Gasteiger partial charge in [0, 0.05) is 5.92 Å². The number of hydrogen-bond donors (Lipinski definition) is 1. The van der Waals surface area contributed by atoms with E-state index in [9.17, 15) is 5.11 Å². The Morgan fingerprint density at radius 2 is 2.24 bits per heavy atom. The van der Waals surface area contributed by atoms with Crippen LogP contribution in [0.4, 0.5) is 0 Å². The number of ether oxygens (including phenoxy) is 1. The van der Waals surface area contributed by atoms with E-state index in [1.807, 2.05) is 6.92 Å². The fourth-order valence-corrected chi connectivity index (χ4v) is 2.58. The summed E-state index contributed by atoms with van der Waals surface area (Å²) in [5, 5.41) is 10.6. The Hall–Kier alpha value is -0.860. The van der Waals surface area contributed by atoms with E-state index in [4.69, 9.17) is 4.74 Å². The van der Waals surface area contributed by atoms with E-state index < -0.39 is 5.60 Å². The first-order valence-electron chi connectivity index (χ1n) is 6.37. The second kappa shape index (κ2) is 6.77. The third-order valence-corrected chi connectivity index (χ3v) is 3.60. The van der Waals surface area contributed by atoms with Crippen LogP contribution in [0.15, 0.2) is 37.0 Å². The van der Waals surface area contributed by atoms with Crippen molar-refractivity contribution in [1.82, 2.24) is 0 Å². The molecule has 0 bridgehead atoms. The summed E-state index contributed by atoms with van der Waals surface area (Å²) in [4.78, 5) is 0. The minimum absolute atomic E-state index is 0.156. The van der Waals surface area contributed by atoms with Crippen LogP contribution in [-0.2, 0) is 4.74 Å². The zero-order chi connectivity index (χ0) is 12.7. The Labute approximate surface area is 105 Å². The van der Waals surface area contributed by atoms with Crippen LogP contribution in [0.3, 0.4) is 0 Å². The Morgan fingerprint density at radius 3 is 2.82 bits per heavy atom. The predicted molar refractivity (Wildman–Crippen MR) is 71.9 cm³/mol. The summed E-state index contributed by atoms with van der Waals surface area (Å²) in [6, 6.07) is 0. The molecule has 1 rings (SSSR count). The standard InChI is InChI=1S/C15H24O2/c1-4-11-17-12-13(5-2)14-9-7-8-10-15(14,16)6-3/h4-6,14,16H,1,3,7-12H2,2H3/b13-5+/t14-,15-/m0/s1. The molecule has 96 valence electrons. The van der Waals surface area contributed by atoms with Crippen LogP contribution in [0.5, 0.6) is 0 Å². The van der Waals surface area contributed by atoms with Crippen molar-refractivity contribution in [2.24, 2.45) is 5.92 Å². The van der Waals surface area contributed by atoms with Crippen molar-refractivity contribution in [1.29, 1.82) is 0 Å². The van der Waals surface area contributed by atoms with Gasteiger partial charge in [0.05, 0.1) is 18.8 Å². The van der Waals surface area contributed by atoms with Gasteiger partial charge in [0.25, 0.3) is 0 Å². The average molecular weight is 236 g/mol. The summed E-state index contributed by atoms with van der Waals surface area (Å²) < 4.78 is 5.50. The quantitative estimate of drug-likeness (QED) is 0.566. The van der Waals surface area contributed by atoms with Crippen molar-refractivity contribution in [2.75, 3.05) is 13.2 Å². The Balaban J connectivity index is 2.71. The van der Waals surface area contributed by atoms with Gasteiger partial charge in [-0.2, -0.15) is 0 Å². The lowest BCUT2D eigenvalue weighted by Crippen LogP contribution is -2.40. The molecule has 0 unspecified atom stereocenters. The molecule has 0 aromatic heterocycles. The molecule has 1 fully saturated rings. The monoisotopic (exact) mass is 236 g/mol. The zero-order valence-corrected chi connectivity index (χ0v) is 10.8. The summed E-state index contributed by atoms with van der Waals surface area (Å²) in [6.07, 6.45) is 9.57. The van der Waals surface area contributed by atoms with Crippen LogP contribution in [-0.4, -0.2) is 23.9 Å². The van der Waals surface area contributed by atoms with Gasteiger partial charge in [-0.25, -0.2) is 0 Å². The molecule has 1 saturated carbocycles. The van der Waals surface area contributed by atoms with Crippen LogP contribution < -0.4 is 0 Å². The number of rotatable bonds is 6. The van der Waals surface area contributed by atoms with Crippen LogP contribution in [0.2, 0.25) is 0 Å². The van der Waals surface area contributed by atoms with Crippen molar-refractivity contribution in [2.45, 2.75) is 38.2 Å². The summed E-state index contributed by atoms with van der Waals surface area (Å²) in [5.41, 5.74) is 0.423. The van der Waals surface area contributed by atoms with Crippen molar-refractivity contribution < 1.29 is 9.84 Å². The van der Waals surface area contributed by atoms with Gasteiger partial charge in [0.2, 0.25) is 0 Å². The van der Waals surface area contributed by atoms with Crippen molar-refractivity contribution >= 4 is 0 Å². The van der Waals surface area contributed by atoms with E-state index in [1.165, 1.54) is 12.0 Å². The molecule has 0 radical (unpaired) electrons. The summed E-state index contributed by atoms with van der Waals surface area (Å²) in [7, 11) is 0. The van der Waals surface area contributed by atoms with E-state index in [-0.39, 0.29) is 5.92 Å². The lowest BCUT2D eigenvalue weighted by molar-refractivity contribution is 0.00492. The van der Waals surface area contributed by atoms with Crippen molar-refractivity contribution in [3.63, 3.8) is 0 Å². The average Bonchev–Trinajstić information content (AvgIpc) is 2.36. The molecule has 0 heterocycles. The Morgan fingerprint density at radius 1 is 1.47 bits per heavy atom.